The number of amides is 2. The van der Waals surface area contributed by atoms with E-state index in [1.165, 1.54) is 6.92 Å². The Morgan fingerprint density at radius 1 is 1.40 bits per heavy atom. The lowest BCUT2D eigenvalue weighted by Gasteiger charge is -2.32. The van der Waals surface area contributed by atoms with Gasteiger partial charge in [-0.05, 0) is 12.5 Å². The van der Waals surface area contributed by atoms with Gasteiger partial charge in [0, 0.05) is 6.42 Å². The maximum atomic E-state index is 13.1. The molecule has 0 radical (unpaired) electrons. The van der Waals surface area contributed by atoms with Gasteiger partial charge in [-0.1, -0.05) is 30.3 Å². The molecule has 4 N–H and O–H groups in total. The van der Waals surface area contributed by atoms with Crippen molar-refractivity contribution in [2.45, 2.75) is 30.8 Å². The number of nitrogens with two attached hydrogens (primary N) is 1. The minimum Gasteiger partial charge on any atom is -0.362 e. The van der Waals surface area contributed by atoms with Crippen LogP contribution in [0.5, 0.6) is 0 Å². The van der Waals surface area contributed by atoms with Crippen LogP contribution < -0.4 is 11.2 Å². The van der Waals surface area contributed by atoms with Gasteiger partial charge in [0.05, 0.1) is 5.54 Å². The molecule has 1 saturated heterocycles. The summed E-state index contributed by atoms with van der Waals surface area (Å²) in [6.07, 6.45) is -5.78. The van der Waals surface area contributed by atoms with E-state index in [1.54, 1.807) is 30.3 Å². The van der Waals surface area contributed by atoms with Crippen molar-refractivity contribution in [3.63, 3.8) is 0 Å². The average Bonchev–Trinajstić information content (AvgIpc) is 2.65. The van der Waals surface area contributed by atoms with Crippen LogP contribution in [0.2, 0.25) is 0 Å². The molecule has 1 aromatic carbocycles. The van der Waals surface area contributed by atoms with Gasteiger partial charge < -0.3 is 10.8 Å². The molecule has 0 aliphatic carbocycles. The third kappa shape index (κ3) is 2.10. The first-order chi connectivity index (χ1) is 9.10. The van der Waals surface area contributed by atoms with E-state index in [2.05, 4.69) is 5.43 Å². The van der Waals surface area contributed by atoms with E-state index in [0.717, 1.165) is 0 Å². The number of halogens is 3. The highest BCUT2D eigenvalue weighted by Gasteiger charge is 2.67. The Morgan fingerprint density at radius 3 is 2.35 bits per heavy atom. The number of rotatable bonds is 1. The van der Waals surface area contributed by atoms with E-state index in [0.29, 0.717) is 5.56 Å². The zero-order valence-corrected chi connectivity index (χ0v) is 10.6. The molecule has 0 aromatic heterocycles. The van der Waals surface area contributed by atoms with Crippen molar-refractivity contribution >= 4 is 6.03 Å². The molecule has 20 heavy (non-hydrogen) atoms. The first kappa shape index (κ1) is 14.6. The van der Waals surface area contributed by atoms with E-state index in [9.17, 15) is 23.1 Å². The van der Waals surface area contributed by atoms with Crippen LogP contribution >= 0.6 is 0 Å². The van der Waals surface area contributed by atoms with E-state index in [-0.39, 0.29) is 5.01 Å². The summed E-state index contributed by atoms with van der Waals surface area (Å²) in [6.45, 7) is 1.46. The smallest absolute Gasteiger partial charge is 0.362 e. The summed E-state index contributed by atoms with van der Waals surface area (Å²) in [5.41, 5.74) is 3.20. The standard InChI is InChI=1S/C12H14F3N3O2/c1-10(8-5-3-2-4-6-8)7-11(20,12(13,14)15)18(17-10)9(16)19/h2-6,17,20H,7H2,1H3,(H2,16,19). The zero-order valence-electron chi connectivity index (χ0n) is 10.6. The Kier molecular flexibility index (Phi) is 3.18. The van der Waals surface area contributed by atoms with Crippen molar-refractivity contribution in [2.75, 3.05) is 0 Å². The van der Waals surface area contributed by atoms with Crippen molar-refractivity contribution in [3.8, 4) is 0 Å². The SMILES string of the molecule is CC1(c2ccccc2)CC(O)(C(F)(F)F)N(C(N)=O)N1. The molecule has 2 rings (SSSR count). The number of hydrogen-bond acceptors (Lipinski definition) is 3. The van der Waals surface area contributed by atoms with Gasteiger partial charge in [-0.25, -0.2) is 15.2 Å². The maximum absolute atomic E-state index is 13.1. The van der Waals surface area contributed by atoms with Gasteiger partial charge in [0.15, 0.2) is 0 Å². The predicted octanol–water partition coefficient (Wildman–Crippen LogP) is 1.44. The molecular formula is C12H14F3N3O2. The molecule has 8 heteroatoms. The van der Waals surface area contributed by atoms with Gasteiger partial charge in [-0.15, -0.1) is 0 Å². The van der Waals surface area contributed by atoms with Crippen LogP contribution in [-0.2, 0) is 5.54 Å². The number of primary amides is 1. The Hall–Kier alpha value is -1.80. The molecule has 1 heterocycles. The van der Waals surface area contributed by atoms with Gasteiger partial charge in [0.1, 0.15) is 0 Å². The van der Waals surface area contributed by atoms with Crippen molar-refractivity contribution in [1.82, 2.24) is 10.4 Å². The van der Waals surface area contributed by atoms with Gasteiger partial charge in [0.25, 0.3) is 5.72 Å². The number of hydrogen-bond donors (Lipinski definition) is 3. The summed E-state index contributed by atoms with van der Waals surface area (Å²) in [5, 5.41) is 9.93. The zero-order chi connectivity index (χ0) is 15.2. The minimum atomic E-state index is -5.03. The van der Waals surface area contributed by atoms with Gasteiger partial charge in [0.2, 0.25) is 0 Å². The lowest BCUT2D eigenvalue weighted by atomic mass is 9.86. The number of carbonyl (C=O) groups is 1. The van der Waals surface area contributed by atoms with E-state index in [1.807, 2.05) is 0 Å². The van der Waals surface area contributed by atoms with Crippen molar-refractivity contribution in [2.24, 2.45) is 5.73 Å². The normalized spacial score (nSPS) is 30.6. The highest BCUT2D eigenvalue weighted by molar-refractivity contribution is 5.73. The largest absolute Gasteiger partial charge is 0.438 e. The highest BCUT2D eigenvalue weighted by Crippen LogP contribution is 2.46. The van der Waals surface area contributed by atoms with Crippen LogP contribution in [0.1, 0.15) is 18.9 Å². The number of benzene rings is 1. The quantitative estimate of drug-likeness (QED) is 0.732. The number of alkyl halides is 3. The third-order valence-electron chi connectivity index (χ3n) is 3.41. The van der Waals surface area contributed by atoms with Crippen LogP contribution in [0.3, 0.4) is 0 Å². The molecule has 1 aliphatic rings. The first-order valence-electron chi connectivity index (χ1n) is 5.82. The molecule has 5 nitrogen and oxygen atoms in total. The van der Waals surface area contributed by atoms with Crippen LogP contribution in [0, 0.1) is 0 Å². The highest BCUT2D eigenvalue weighted by atomic mass is 19.4. The molecular weight excluding hydrogens is 275 g/mol. The van der Waals surface area contributed by atoms with E-state index in [4.69, 9.17) is 5.73 Å². The number of carbonyl (C=O) groups excluding carboxylic acids is 1. The number of nitrogens with zero attached hydrogens (tertiary/aromatic N) is 1. The number of aliphatic hydroxyl groups is 1. The fraction of sp³-hybridized carbons (Fsp3) is 0.417. The molecule has 110 valence electrons. The molecule has 2 unspecified atom stereocenters. The van der Waals surface area contributed by atoms with Crippen molar-refractivity contribution in [1.29, 1.82) is 0 Å². The van der Waals surface area contributed by atoms with Crippen molar-refractivity contribution in [3.05, 3.63) is 35.9 Å². The number of hydrazine groups is 1. The van der Waals surface area contributed by atoms with E-state index >= 15 is 0 Å². The second kappa shape index (κ2) is 4.35. The molecule has 0 saturated carbocycles. The second-order valence-corrected chi connectivity index (χ2v) is 4.97. The maximum Gasteiger partial charge on any atom is 0.438 e. The molecule has 0 bridgehead atoms. The van der Waals surface area contributed by atoms with Crippen LogP contribution in [0.15, 0.2) is 30.3 Å². The second-order valence-electron chi connectivity index (χ2n) is 4.97. The Labute approximate surface area is 113 Å². The summed E-state index contributed by atoms with van der Waals surface area (Å²) in [5.74, 6) is 0. The molecule has 1 aliphatic heterocycles. The molecule has 2 atom stereocenters. The fourth-order valence-corrected chi connectivity index (χ4v) is 2.39. The van der Waals surface area contributed by atoms with E-state index < -0.39 is 29.9 Å². The molecule has 0 spiro atoms. The number of urea groups is 1. The topological polar surface area (TPSA) is 78.6 Å². The predicted molar refractivity (Wildman–Crippen MR) is 64.0 cm³/mol. The molecule has 1 fully saturated rings. The Bertz CT molecular complexity index is 522. The lowest BCUT2D eigenvalue weighted by Crippen LogP contribution is -2.61. The van der Waals surface area contributed by atoms with Crippen LogP contribution in [0.25, 0.3) is 0 Å². The lowest BCUT2D eigenvalue weighted by molar-refractivity contribution is -0.299. The summed E-state index contributed by atoms with van der Waals surface area (Å²) >= 11 is 0. The molecule has 2 amide bonds. The Morgan fingerprint density at radius 2 is 1.95 bits per heavy atom. The minimum absolute atomic E-state index is 0.0417. The number of nitrogens with one attached hydrogen (secondary N) is 1. The van der Waals surface area contributed by atoms with Crippen LogP contribution in [-0.4, -0.2) is 28.0 Å². The first-order valence-corrected chi connectivity index (χ1v) is 5.82. The monoisotopic (exact) mass is 289 g/mol. The summed E-state index contributed by atoms with van der Waals surface area (Å²) in [7, 11) is 0. The van der Waals surface area contributed by atoms with Gasteiger partial charge >= 0.3 is 12.2 Å². The Balaban J connectivity index is 2.46. The summed E-state index contributed by atoms with van der Waals surface area (Å²) in [4.78, 5) is 11.2. The van der Waals surface area contributed by atoms with Gasteiger partial charge in [-0.2, -0.15) is 13.2 Å². The summed E-state index contributed by atoms with van der Waals surface area (Å²) in [6, 6.07) is 6.83. The average molecular weight is 289 g/mol. The fourth-order valence-electron chi connectivity index (χ4n) is 2.39. The van der Waals surface area contributed by atoms with Gasteiger partial charge in [-0.3, -0.25) is 0 Å². The van der Waals surface area contributed by atoms with Crippen molar-refractivity contribution < 1.29 is 23.1 Å². The van der Waals surface area contributed by atoms with Crippen LogP contribution in [0.4, 0.5) is 18.0 Å². The molecule has 1 aromatic rings. The summed E-state index contributed by atoms with van der Waals surface area (Å²) < 4.78 is 39.2. The third-order valence-corrected chi connectivity index (χ3v) is 3.41.